The first-order chi connectivity index (χ1) is 12.2. The van der Waals surface area contributed by atoms with Crippen molar-refractivity contribution in [2.45, 2.75) is 65.3 Å². The van der Waals surface area contributed by atoms with Gasteiger partial charge in [0.05, 0.1) is 0 Å². The molecule has 0 amide bonds. The van der Waals surface area contributed by atoms with Crippen molar-refractivity contribution in [3.8, 4) is 0 Å². The molecule has 2 N–H and O–H groups in total. The maximum atomic E-state index is 4.80. The number of unbranched alkanes of at least 4 members (excludes halogenated alkanes) is 1. The van der Waals surface area contributed by atoms with Gasteiger partial charge in [-0.3, -0.25) is 4.99 Å². The van der Waals surface area contributed by atoms with Crippen LogP contribution in [-0.4, -0.2) is 74.2 Å². The van der Waals surface area contributed by atoms with E-state index in [1.807, 2.05) is 0 Å². The number of nitrogens with one attached hydrogen (secondary N) is 2. The lowest BCUT2D eigenvalue weighted by Gasteiger charge is -2.33. The quantitative estimate of drug-likeness (QED) is 0.243. The largest absolute Gasteiger partial charge is 0.357 e. The number of hydrogen-bond donors (Lipinski definition) is 2. The summed E-state index contributed by atoms with van der Waals surface area (Å²) in [6.45, 7) is 16.0. The average molecular weight is 479 g/mol. The molecule has 2 aliphatic rings. The minimum Gasteiger partial charge on any atom is -0.357 e. The second-order valence-electron chi connectivity index (χ2n) is 7.84. The maximum Gasteiger partial charge on any atom is 0.191 e. The smallest absolute Gasteiger partial charge is 0.191 e. The van der Waals surface area contributed by atoms with E-state index in [4.69, 9.17) is 4.99 Å². The zero-order chi connectivity index (χ0) is 17.9. The number of hydrogen-bond acceptors (Lipinski definition) is 3. The van der Waals surface area contributed by atoms with Crippen LogP contribution in [0.1, 0.15) is 59.3 Å². The molecule has 2 rings (SSSR count). The van der Waals surface area contributed by atoms with Crippen molar-refractivity contribution in [3.05, 3.63) is 0 Å². The summed E-state index contributed by atoms with van der Waals surface area (Å²) in [5.41, 5.74) is 0. The Morgan fingerprint density at radius 3 is 2.23 bits per heavy atom. The van der Waals surface area contributed by atoms with Crippen molar-refractivity contribution >= 4 is 29.9 Å². The summed E-state index contributed by atoms with van der Waals surface area (Å²) in [6, 6.07) is 0.615. The van der Waals surface area contributed by atoms with E-state index < -0.39 is 0 Å². The highest BCUT2D eigenvalue weighted by Gasteiger charge is 2.19. The van der Waals surface area contributed by atoms with Gasteiger partial charge in [-0.05, 0) is 64.5 Å². The van der Waals surface area contributed by atoms with Crippen LogP contribution in [0.2, 0.25) is 0 Å². The highest BCUT2D eigenvalue weighted by molar-refractivity contribution is 14.0. The normalized spacial score (nSPS) is 25.6. The average Bonchev–Trinajstić information content (AvgIpc) is 2.64. The molecule has 1 heterocycles. The van der Waals surface area contributed by atoms with Gasteiger partial charge in [-0.2, -0.15) is 0 Å². The molecule has 2 fully saturated rings. The molecule has 6 heteroatoms. The molecule has 5 nitrogen and oxygen atoms in total. The van der Waals surface area contributed by atoms with E-state index in [9.17, 15) is 0 Å². The fraction of sp³-hybridized carbons (Fsp3) is 0.950. The standard InChI is InChI=1S/C20H41N5.HI/c1-4-21-20(23-19-10-8-18(3)9-11-19)22-12-6-7-13-25-16-14-24(5-2)15-17-25;/h18-19H,4-17H2,1-3H3,(H2,21,22,23);1H. The molecule has 26 heavy (non-hydrogen) atoms. The SMILES string of the molecule is CCNC(=NCCCCN1CCN(CC)CC1)NC1CCC(C)CC1.I. The zero-order valence-corrected chi connectivity index (χ0v) is 19.6. The first kappa shape index (κ1) is 24.0. The van der Waals surface area contributed by atoms with Crippen molar-refractivity contribution in [2.24, 2.45) is 10.9 Å². The van der Waals surface area contributed by atoms with Crippen molar-refractivity contribution in [1.82, 2.24) is 20.4 Å². The Kier molecular flexibility index (Phi) is 12.9. The number of guanidine groups is 1. The van der Waals surface area contributed by atoms with Gasteiger partial charge in [0.1, 0.15) is 0 Å². The molecule has 0 aromatic carbocycles. The Morgan fingerprint density at radius 1 is 0.962 bits per heavy atom. The molecule has 0 bridgehead atoms. The van der Waals surface area contributed by atoms with Gasteiger partial charge in [-0.1, -0.05) is 13.8 Å². The van der Waals surface area contributed by atoms with E-state index >= 15 is 0 Å². The molecule has 0 aromatic heterocycles. The lowest BCUT2D eigenvalue weighted by atomic mass is 9.87. The van der Waals surface area contributed by atoms with Crippen LogP contribution < -0.4 is 10.6 Å². The van der Waals surface area contributed by atoms with Crippen molar-refractivity contribution in [3.63, 3.8) is 0 Å². The highest BCUT2D eigenvalue weighted by Crippen LogP contribution is 2.23. The number of aliphatic imine (C=N–C) groups is 1. The third kappa shape index (κ3) is 9.22. The Labute approximate surface area is 178 Å². The molecule has 1 aliphatic carbocycles. The fourth-order valence-electron chi connectivity index (χ4n) is 3.88. The van der Waals surface area contributed by atoms with E-state index in [2.05, 4.69) is 41.2 Å². The van der Waals surface area contributed by atoms with Crippen LogP contribution in [0, 0.1) is 5.92 Å². The first-order valence-corrected chi connectivity index (χ1v) is 10.7. The van der Waals surface area contributed by atoms with Gasteiger partial charge in [-0.25, -0.2) is 0 Å². The summed E-state index contributed by atoms with van der Waals surface area (Å²) in [5, 5.41) is 7.07. The van der Waals surface area contributed by atoms with E-state index in [1.165, 1.54) is 77.8 Å². The van der Waals surface area contributed by atoms with Crippen LogP contribution in [0.5, 0.6) is 0 Å². The predicted octanol–water partition coefficient (Wildman–Crippen LogP) is 3.16. The second kappa shape index (κ2) is 14.0. The summed E-state index contributed by atoms with van der Waals surface area (Å²) >= 11 is 0. The summed E-state index contributed by atoms with van der Waals surface area (Å²) < 4.78 is 0. The minimum absolute atomic E-state index is 0. The highest BCUT2D eigenvalue weighted by atomic mass is 127. The Balaban J connectivity index is 0.00000338. The third-order valence-electron chi connectivity index (χ3n) is 5.77. The Morgan fingerprint density at radius 2 is 1.62 bits per heavy atom. The van der Waals surface area contributed by atoms with Gasteiger partial charge >= 0.3 is 0 Å². The van der Waals surface area contributed by atoms with E-state index in [0.29, 0.717) is 6.04 Å². The molecular formula is C20H42IN5. The summed E-state index contributed by atoms with van der Waals surface area (Å²) in [4.78, 5) is 9.96. The van der Waals surface area contributed by atoms with Gasteiger partial charge in [-0.15, -0.1) is 24.0 Å². The monoisotopic (exact) mass is 479 g/mol. The van der Waals surface area contributed by atoms with Gasteiger partial charge in [0.2, 0.25) is 0 Å². The van der Waals surface area contributed by atoms with Crippen LogP contribution in [0.25, 0.3) is 0 Å². The van der Waals surface area contributed by atoms with E-state index in [0.717, 1.165) is 25.0 Å². The Bertz CT molecular complexity index is 374. The molecule has 1 saturated heterocycles. The molecule has 1 aliphatic heterocycles. The molecule has 1 saturated carbocycles. The molecule has 0 unspecified atom stereocenters. The van der Waals surface area contributed by atoms with Crippen LogP contribution >= 0.6 is 24.0 Å². The van der Waals surface area contributed by atoms with E-state index in [1.54, 1.807) is 0 Å². The van der Waals surface area contributed by atoms with Gasteiger partial charge in [0, 0.05) is 45.3 Å². The fourth-order valence-corrected chi connectivity index (χ4v) is 3.88. The lowest BCUT2D eigenvalue weighted by Crippen LogP contribution is -2.46. The van der Waals surface area contributed by atoms with Crippen molar-refractivity contribution in [1.29, 1.82) is 0 Å². The molecule has 0 aromatic rings. The maximum absolute atomic E-state index is 4.80. The number of rotatable bonds is 8. The van der Waals surface area contributed by atoms with Crippen molar-refractivity contribution < 1.29 is 0 Å². The summed E-state index contributed by atoms with van der Waals surface area (Å²) in [6.07, 6.45) is 7.72. The number of piperazine rings is 1. The van der Waals surface area contributed by atoms with Gasteiger partial charge in [0.25, 0.3) is 0 Å². The summed E-state index contributed by atoms with van der Waals surface area (Å²) in [5.74, 6) is 1.93. The predicted molar refractivity (Wildman–Crippen MR) is 124 cm³/mol. The van der Waals surface area contributed by atoms with Crippen LogP contribution in [0.3, 0.4) is 0 Å². The molecular weight excluding hydrogens is 437 g/mol. The first-order valence-electron chi connectivity index (χ1n) is 10.7. The molecule has 154 valence electrons. The minimum atomic E-state index is 0. The third-order valence-corrected chi connectivity index (χ3v) is 5.77. The van der Waals surface area contributed by atoms with Gasteiger partial charge < -0.3 is 20.4 Å². The van der Waals surface area contributed by atoms with Crippen LogP contribution in [-0.2, 0) is 0 Å². The number of nitrogens with zero attached hydrogens (tertiary/aromatic N) is 3. The van der Waals surface area contributed by atoms with Gasteiger partial charge in [0.15, 0.2) is 5.96 Å². The molecule has 0 spiro atoms. The van der Waals surface area contributed by atoms with Crippen LogP contribution in [0.15, 0.2) is 4.99 Å². The summed E-state index contributed by atoms with van der Waals surface area (Å²) in [7, 11) is 0. The molecule has 0 atom stereocenters. The lowest BCUT2D eigenvalue weighted by molar-refractivity contribution is 0.136. The number of halogens is 1. The second-order valence-corrected chi connectivity index (χ2v) is 7.84. The van der Waals surface area contributed by atoms with Crippen molar-refractivity contribution in [2.75, 3.05) is 52.4 Å². The Hall–Kier alpha value is -0.0800. The topological polar surface area (TPSA) is 42.9 Å². The number of likely N-dealkylation sites (N-methyl/N-ethyl adjacent to an activating group) is 1. The van der Waals surface area contributed by atoms with Crippen LogP contribution in [0.4, 0.5) is 0 Å². The zero-order valence-electron chi connectivity index (χ0n) is 17.3. The van der Waals surface area contributed by atoms with E-state index in [-0.39, 0.29) is 24.0 Å². The molecule has 0 radical (unpaired) electrons.